The van der Waals surface area contributed by atoms with E-state index in [4.69, 9.17) is 4.52 Å². The van der Waals surface area contributed by atoms with Gasteiger partial charge in [-0.3, -0.25) is 4.79 Å². The number of hydrogen-bond donors (Lipinski definition) is 1. The topological polar surface area (TPSA) is 78.7 Å². The van der Waals surface area contributed by atoms with Gasteiger partial charge >= 0.3 is 6.03 Å². The first kappa shape index (κ1) is 20.1. The van der Waals surface area contributed by atoms with E-state index in [2.05, 4.69) is 10.5 Å². The average Bonchev–Trinajstić information content (AvgIpc) is 3.14. The van der Waals surface area contributed by atoms with Crippen molar-refractivity contribution in [2.45, 2.75) is 19.9 Å². The van der Waals surface area contributed by atoms with Crippen molar-refractivity contribution in [3.63, 3.8) is 0 Å². The molecule has 0 saturated heterocycles. The van der Waals surface area contributed by atoms with Gasteiger partial charge in [-0.1, -0.05) is 35.5 Å². The Hall–Kier alpha value is -3.61. The molecular formula is C22H24N4O3. The Kier molecular flexibility index (Phi) is 6.29. The number of nitrogens with one attached hydrogen (secondary N) is 1. The van der Waals surface area contributed by atoms with E-state index in [0.717, 1.165) is 11.3 Å². The summed E-state index contributed by atoms with van der Waals surface area (Å²) in [6.45, 7) is 2.15. The maximum absolute atomic E-state index is 12.5. The molecule has 3 aromatic rings. The van der Waals surface area contributed by atoms with E-state index in [0.29, 0.717) is 23.7 Å². The third kappa shape index (κ3) is 5.44. The number of amides is 3. The fourth-order valence-electron chi connectivity index (χ4n) is 2.82. The number of carbonyl (C=O) groups is 2. The minimum absolute atomic E-state index is 0.00405. The molecule has 2 aromatic carbocycles. The third-order valence-electron chi connectivity index (χ3n) is 4.50. The van der Waals surface area contributed by atoms with E-state index in [9.17, 15) is 9.59 Å². The lowest BCUT2D eigenvalue weighted by Gasteiger charge is -2.18. The van der Waals surface area contributed by atoms with Gasteiger partial charge in [-0.25, -0.2) is 4.79 Å². The van der Waals surface area contributed by atoms with Gasteiger partial charge in [0.15, 0.2) is 0 Å². The zero-order valence-electron chi connectivity index (χ0n) is 16.8. The molecular weight excluding hydrogens is 368 g/mol. The average molecular weight is 392 g/mol. The Labute approximate surface area is 169 Å². The molecule has 7 nitrogen and oxygen atoms in total. The van der Waals surface area contributed by atoms with Crippen molar-refractivity contribution in [2.24, 2.45) is 0 Å². The molecule has 1 N–H and O–H groups in total. The van der Waals surface area contributed by atoms with Crippen LogP contribution in [0.15, 0.2) is 65.2 Å². The Balaban J connectivity index is 1.54. The first-order chi connectivity index (χ1) is 13.9. The molecule has 0 radical (unpaired) electrons. The maximum atomic E-state index is 12.5. The van der Waals surface area contributed by atoms with Crippen LogP contribution < -0.4 is 10.2 Å². The minimum atomic E-state index is -0.252. The van der Waals surface area contributed by atoms with Crippen molar-refractivity contribution in [1.82, 2.24) is 10.1 Å². The summed E-state index contributed by atoms with van der Waals surface area (Å²) in [6.07, 6.45) is 0.283. The highest BCUT2D eigenvalue weighted by molar-refractivity contribution is 5.94. The van der Waals surface area contributed by atoms with Crippen molar-refractivity contribution in [1.29, 1.82) is 0 Å². The highest BCUT2D eigenvalue weighted by Gasteiger charge is 2.13. The number of aryl methyl sites for hydroxylation is 1. The molecule has 0 aliphatic heterocycles. The second-order valence-electron chi connectivity index (χ2n) is 6.88. The highest BCUT2D eigenvalue weighted by atomic mass is 16.5. The van der Waals surface area contributed by atoms with Crippen molar-refractivity contribution < 1.29 is 14.1 Å². The van der Waals surface area contributed by atoms with Crippen LogP contribution in [-0.2, 0) is 17.8 Å². The summed E-state index contributed by atoms with van der Waals surface area (Å²) < 4.78 is 5.01. The summed E-state index contributed by atoms with van der Waals surface area (Å²) in [6, 6.07) is 18.3. The highest BCUT2D eigenvalue weighted by Crippen LogP contribution is 2.15. The number of benzene rings is 2. The first-order valence-electron chi connectivity index (χ1n) is 9.27. The van der Waals surface area contributed by atoms with Crippen molar-refractivity contribution in [2.75, 3.05) is 24.3 Å². The van der Waals surface area contributed by atoms with E-state index in [1.165, 1.54) is 4.90 Å². The summed E-state index contributed by atoms with van der Waals surface area (Å²) >= 11 is 0. The van der Waals surface area contributed by atoms with Crippen LogP contribution in [0, 0.1) is 6.92 Å². The van der Waals surface area contributed by atoms with Gasteiger partial charge in [0, 0.05) is 31.5 Å². The predicted molar refractivity (Wildman–Crippen MR) is 112 cm³/mol. The van der Waals surface area contributed by atoms with Gasteiger partial charge in [0.25, 0.3) is 0 Å². The molecule has 0 unspecified atom stereocenters. The summed E-state index contributed by atoms with van der Waals surface area (Å²) in [5, 5.41) is 6.72. The smallest absolute Gasteiger partial charge is 0.321 e. The van der Waals surface area contributed by atoms with Crippen LogP contribution in [-0.4, -0.2) is 36.1 Å². The van der Waals surface area contributed by atoms with Gasteiger partial charge < -0.3 is 19.6 Å². The van der Waals surface area contributed by atoms with Gasteiger partial charge in [-0.2, -0.15) is 0 Å². The number of anilines is 2. The Morgan fingerprint density at radius 1 is 1.03 bits per heavy atom. The Morgan fingerprint density at radius 3 is 2.34 bits per heavy atom. The maximum Gasteiger partial charge on any atom is 0.321 e. The summed E-state index contributed by atoms with van der Waals surface area (Å²) in [5.41, 5.74) is 3.08. The Bertz CT molecular complexity index is 967. The van der Waals surface area contributed by atoms with E-state index in [-0.39, 0.29) is 18.4 Å². The van der Waals surface area contributed by atoms with Crippen molar-refractivity contribution >= 4 is 23.3 Å². The molecule has 0 spiro atoms. The second-order valence-corrected chi connectivity index (χ2v) is 6.88. The van der Waals surface area contributed by atoms with Gasteiger partial charge in [0.2, 0.25) is 5.91 Å². The van der Waals surface area contributed by atoms with Crippen molar-refractivity contribution in [3.05, 3.63) is 77.7 Å². The molecule has 0 bridgehead atoms. The molecule has 1 heterocycles. The summed E-state index contributed by atoms with van der Waals surface area (Å²) in [7, 11) is 3.45. The number of rotatable bonds is 6. The molecule has 0 aliphatic carbocycles. The van der Waals surface area contributed by atoms with E-state index < -0.39 is 0 Å². The minimum Gasteiger partial charge on any atom is -0.361 e. The van der Waals surface area contributed by atoms with Crippen LogP contribution in [0.5, 0.6) is 0 Å². The van der Waals surface area contributed by atoms with Crippen LogP contribution in [0.3, 0.4) is 0 Å². The molecule has 150 valence electrons. The number of aromatic nitrogens is 1. The zero-order valence-corrected chi connectivity index (χ0v) is 16.8. The van der Waals surface area contributed by atoms with Crippen LogP contribution in [0.1, 0.15) is 17.0 Å². The monoisotopic (exact) mass is 392 g/mol. The molecule has 29 heavy (non-hydrogen) atoms. The lowest BCUT2D eigenvalue weighted by Crippen LogP contribution is -2.31. The third-order valence-corrected chi connectivity index (χ3v) is 4.50. The van der Waals surface area contributed by atoms with E-state index in [1.807, 2.05) is 42.5 Å². The van der Waals surface area contributed by atoms with Gasteiger partial charge in [-0.05, 0) is 36.8 Å². The van der Waals surface area contributed by atoms with E-state index >= 15 is 0 Å². The predicted octanol–water partition coefficient (Wildman–Crippen LogP) is 3.85. The molecule has 0 saturated carbocycles. The van der Waals surface area contributed by atoms with Crippen molar-refractivity contribution in [3.8, 4) is 0 Å². The number of likely N-dealkylation sites (N-methyl/N-ethyl adjacent to an activating group) is 1. The van der Waals surface area contributed by atoms with Crippen LogP contribution in [0.2, 0.25) is 0 Å². The molecule has 3 amide bonds. The molecule has 7 heteroatoms. The number of hydrogen-bond acceptors (Lipinski definition) is 4. The van der Waals surface area contributed by atoms with Crippen LogP contribution in [0.25, 0.3) is 0 Å². The van der Waals surface area contributed by atoms with Gasteiger partial charge in [0.1, 0.15) is 11.5 Å². The zero-order chi connectivity index (χ0) is 20.8. The van der Waals surface area contributed by atoms with Crippen LogP contribution in [0.4, 0.5) is 16.2 Å². The van der Waals surface area contributed by atoms with Gasteiger partial charge in [-0.15, -0.1) is 0 Å². The fraction of sp³-hybridized carbons (Fsp3) is 0.227. The fourth-order valence-corrected chi connectivity index (χ4v) is 2.82. The number of nitrogens with zero attached hydrogens (tertiary/aromatic N) is 3. The standard InChI is InChI=1S/C22H24N4O3/c1-16-13-19(24-29-16)15-25(2)22(28)23-18-11-9-17(10-12-18)14-21(27)26(3)20-7-5-4-6-8-20/h4-13H,14-15H2,1-3H3,(H,23,28). The number of para-hydroxylation sites is 1. The summed E-state index contributed by atoms with van der Waals surface area (Å²) in [4.78, 5) is 28.0. The lowest BCUT2D eigenvalue weighted by atomic mass is 10.1. The molecule has 0 aliphatic rings. The molecule has 0 atom stereocenters. The van der Waals surface area contributed by atoms with Crippen LogP contribution >= 0.6 is 0 Å². The lowest BCUT2D eigenvalue weighted by molar-refractivity contribution is -0.117. The largest absolute Gasteiger partial charge is 0.361 e. The van der Waals surface area contributed by atoms with E-state index in [1.54, 1.807) is 44.1 Å². The number of carbonyl (C=O) groups excluding carboxylic acids is 2. The molecule has 0 fully saturated rings. The molecule has 3 rings (SSSR count). The quantitative estimate of drug-likeness (QED) is 0.691. The first-order valence-corrected chi connectivity index (χ1v) is 9.27. The normalized spacial score (nSPS) is 10.4. The second kappa shape index (κ2) is 9.05. The SMILES string of the molecule is Cc1cc(CN(C)C(=O)Nc2ccc(CC(=O)N(C)c3ccccc3)cc2)no1. The summed E-state index contributed by atoms with van der Waals surface area (Å²) in [5.74, 6) is 0.701. The van der Waals surface area contributed by atoms with Gasteiger partial charge in [0.05, 0.1) is 13.0 Å². The molecule has 1 aromatic heterocycles. The number of urea groups is 1. The Morgan fingerprint density at radius 2 is 1.72 bits per heavy atom.